The molecule has 21 heavy (non-hydrogen) atoms. The first-order valence-corrected chi connectivity index (χ1v) is 7.18. The maximum atomic E-state index is 11.8. The highest BCUT2D eigenvalue weighted by Crippen LogP contribution is 2.21. The Balaban J connectivity index is 2.09. The van der Waals surface area contributed by atoms with Crippen LogP contribution in [-0.2, 0) is 0 Å². The van der Waals surface area contributed by atoms with Gasteiger partial charge in [0.1, 0.15) is 5.69 Å². The summed E-state index contributed by atoms with van der Waals surface area (Å²) < 4.78 is 0. The summed E-state index contributed by atoms with van der Waals surface area (Å²) in [5, 5.41) is 6.14. The van der Waals surface area contributed by atoms with Gasteiger partial charge >= 0.3 is 0 Å². The van der Waals surface area contributed by atoms with Crippen molar-refractivity contribution in [1.82, 2.24) is 10.3 Å². The summed E-state index contributed by atoms with van der Waals surface area (Å²) >= 11 is 0. The number of anilines is 2. The second kappa shape index (κ2) is 6.88. The second-order valence-corrected chi connectivity index (χ2v) is 5.13. The van der Waals surface area contributed by atoms with Crippen LogP contribution >= 0.6 is 0 Å². The molecule has 4 nitrogen and oxygen atoms in total. The van der Waals surface area contributed by atoms with E-state index in [1.165, 1.54) is 11.1 Å². The van der Waals surface area contributed by atoms with Gasteiger partial charge in [0, 0.05) is 12.2 Å². The number of nitrogens with one attached hydrogen (secondary N) is 2. The largest absolute Gasteiger partial charge is 0.354 e. The third-order valence-electron chi connectivity index (χ3n) is 3.20. The summed E-state index contributed by atoms with van der Waals surface area (Å²) in [7, 11) is 0. The summed E-state index contributed by atoms with van der Waals surface area (Å²) in [5.41, 5.74) is 4.74. The molecule has 0 aliphatic heterocycles. The van der Waals surface area contributed by atoms with Crippen molar-refractivity contribution in [1.29, 1.82) is 0 Å². The van der Waals surface area contributed by atoms with Crippen molar-refractivity contribution in [3.05, 3.63) is 53.3 Å². The molecule has 1 aromatic carbocycles. The Labute approximate surface area is 125 Å². The molecule has 0 aliphatic rings. The number of carbonyl (C=O) groups excluding carboxylic acids is 1. The standard InChI is InChI=1S/C17H21N3O/c1-4-9-18-17(21)15-8-7-14(11-19-15)20-16-10-12(2)5-6-13(16)3/h5-8,10-11,20H,4,9H2,1-3H3,(H,18,21). The summed E-state index contributed by atoms with van der Waals surface area (Å²) in [6.07, 6.45) is 2.60. The molecule has 0 radical (unpaired) electrons. The molecule has 4 heteroatoms. The maximum absolute atomic E-state index is 11.8. The van der Waals surface area contributed by atoms with E-state index in [2.05, 4.69) is 47.7 Å². The smallest absolute Gasteiger partial charge is 0.269 e. The van der Waals surface area contributed by atoms with Crippen molar-refractivity contribution < 1.29 is 4.79 Å². The second-order valence-electron chi connectivity index (χ2n) is 5.13. The van der Waals surface area contributed by atoms with E-state index < -0.39 is 0 Å². The lowest BCUT2D eigenvalue weighted by Crippen LogP contribution is -2.24. The Morgan fingerprint density at radius 1 is 1.19 bits per heavy atom. The van der Waals surface area contributed by atoms with Crippen LogP contribution in [0.15, 0.2) is 36.5 Å². The fourth-order valence-electron chi connectivity index (χ4n) is 1.96. The molecule has 0 spiro atoms. The molecular weight excluding hydrogens is 262 g/mol. The highest BCUT2D eigenvalue weighted by atomic mass is 16.1. The molecule has 0 aliphatic carbocycles. The van der Waals surface area contributed by atoms with Crippen LogP contribution in [0.25, 0.3) is 0 Å². The van der Waals surface area contributed by atoms with E-state index >= 15 is 0 Å². The Bertz CT molecular complexity index is 620. The topological polar surface area (TPSA) is 54.0 Å². The van der Waals surface area contributed by atoms with Gasteiger partial charge < -0.3 is 10.6 Å². The molecule has 0 saturated carbocycles. The van der Waals surface area contributed by atoms with E-state index in [9.17, 15) is 4.79 Å². The molecule has 2 rings (SSSR count). The summed E-state index contributed by atoms with van der Waals surface area (Å²) in [6, 6.07) is 9.86. The zero-order chi connectivity index (χ0) is 15.2. The first-order valence-electron chi connectivity index (χ1n) is 7.18. The van der Waals surface area contributed by atoms with Crippen LogP contribution < -0.4 is 10.6 Å². The third kappa shape index (κ3) is 4.05. The molecule has 0 bridgehead atoms. The van der Waals surface area contributed by atoms with Crippen LogP contribution in [0.2, 0.25) is 0 Å². The summed E-state index contributed by atoms with van der Waals surface area (Å²) in [5.74, 6) is -0.130. The minimum Gasteiger partial charge on any atom is -0.354 e. The quantitative estimate of drug-likeness (QED) is 0.881. The summed E-state index contributed by atoms with van der Waals surface area (Å²) in [6.45, 7) is 6.81. The predicted molar refractivity (Wildman–Crippen MR) is 86.1 cm³/mol. The van der Waals surface area contributed by atoms with E-state index in [0.717, 1.165) is 17.8 Å². The molecule has 0 fully saturated rings. The lowest BCUT2D eigenvalue weighted by molar-refractivity contribution is 0.0949. The molecule has 2 aromatic rings. The molecular formula is C17H21N3O. The van der Waals surface area contributed by atoms with E-state index in [4.69, 9.17) is 0 Å². The molecule has 1 amide bonds. The highest BCUT2D eigenvalue weighted by Gasteiger charge is 2.06. The molecule has 1 aromatic heterocycles. The molecule has 110 valence electrons. The van der Waals surface area contributed by atoms with E-state index in [1.807, 2.05) is 13.0 Å². The average molecular weight is 283 g/mol. The number of nitrogens with zero attached hydrogens (tertiary/aromatic N) is 1. The Morgan fingerprint density at radius 3 is 2.67 bits per heavy atom. The van der Waals surface area contributed by atoms with E-state index in [0.29, 0.717) is 12.2 Å². The van der Waals surface area contributed by atoms with Crippen molar-refractivity contribution in [3.8, 4) is 0 Å². The van der Waals surface area contributed by atoms with Crippen LogP contribution in [0.3, 0.4) is 0 Å². The lowest BCUT2D eigenvalue weighted by Gasteiger charge is -2.10. The Morgan fingerprint density at radius 2 is 2.00 bits per heavy atom. The van der Waals surface area contributed by atoms with Gasteiger partial charge in [0.15, 0.2) is 0 Å². The van der Waals surface area contributed by atoms with Crippen molar-refractivity contribution in [2.75, 3.05) is 11.9 Å². The molecule has 0 atom stereocenters. The van der Waals surface area contributed by atoms with Crippen LogP contribution in [0.5, 0.6) is 0 Å². The normalized spacial score (nSPS) is 10.2. The summed E-state index contributed by atoms with van der Waals surface area (Å²) in [4.78, 5) is 16.0. The van der Waals surface area contributed by atoms with Crippen molar-refractivity contribution in [2.24, 2.45) is 0 Å². The number of aryl methyl sites for hydroxylation is 2. The minimum atomic E-state index is -0.130. The number of hydrogen-bond donors (Lipinski definition) is 2. The average Bonchev–Trinajstić information content (AvgIpc) is 2.49. The van der Waals surface area contributed by atoms with E-state index in [-0.39, 0.29) is 5.91 Å². The molecule has 0 unspecified atom stereocenters. The zero-order valence-corrected chi connectivity index (χ0v) is 12.7. The molecule has 2 N–H and O–H groups in total. The predicted octanol–water partition coefficient (Wildman–Crippen LogP) is 3.58. The fraction of sp³-hybridized carbons (Fsp3) is 0.294. The number of benzene rings is 1. The number of rotatable bonds is 5. The Kier molecular flexibility index (Phi) is 4.93. The van der Waals surface area contributed by atoms with Gasteiger partial charge in [-0.3, -0.25) is 4.79 Å². The third-order valence-corrected chi connectivity index (χ3v) is 3.20. The van der Waals surface area contributed by atoms with Crippen LogP contribution in [0, 0.1) is 13.8 Å². The van der Waals surface area contributed by atoms with Gasteiger partial charge in [-0.15, -0.1) is 0 Å². The maximum Gasteiger partial charge on any atom is 0.269 e. The van der Waals surface area contributed by atoms with Gasteiger partial charge in [0.25, 0.3) is 5.91 Å². The van der Waals surface area contributed by atoms with Crippen molar-refractivity contribution >= 4 is 17.3 Å². The van der Waals surface area contributed by atoms with Gasteiger partial charge in [0.05, 0.1) is 11.9 Å². The van der Waals surface area contributed by atoms with Crippen molar-refractivity contribution in [2.45, 2.75) is 27.2 Å². The van der Waals surface area contributed by atoms with Gasteiger partial charge in [-0.05, 0) is 49.6 Å². The van der Waals surface area contributed by atoms with Crippen molar-refractivity contribution in [3.63, 3.8) is 0 Å². The Hall–Kier alpha value is -2.36. The number of amides is 1. The zero-order valence-electron chi connectivity index (χ0n) is 12.7. The number of aromatic nitrogens is 1. The first-order chi connectivity index (χ1) is 10.1. The molecule has 0 saturated heterocycles. The first kappa shape index (κ1) is 15.0. The van der Waals surface area contributed by atoms with Crippen LogP contribution in [0.4, 0.5) is 11.4 Å². The van der Waals surface area contributed by atoms with Gasteiger partial charge in [-0.1, -0.05) is 19.1 Å². The van der Waals surface area contributed by atoms with Gasteiger partial charge in [-0.25, -0.2) is 4.98 Å². The SMILES string of the molecule is CCCNC(=O)c1ccc(Nc2cc(C)ccc2C)cn1. The minimum absolute atomic E-state index is 0.130. The lowest BCUT2D eigenvalue weighted by atomic mass is 10.1. The highest BCUT2D eigenvalue weighted by molar-refractivity contribution is 5.92. The number of hydrogen-bond acceptors (Lipinski definition) is 3. The monoisotopic (exact) mass is 283 g/mol. The van der Waals surface area contributed by atoms with Gasteiger partial charge in [0.2, 0.25) is 0 Å². The van der Waals surface area contributed by atoms with Crippen LogP contribution in [0.1, 0.15) is 35.0 Å². The fourth-order valence-corrected chi connectivity index (χ4v) is 1.96. The van der Waals surface area contributed by atoms with Gasteiger partial charge in [-0.2, -0.15) is 0 Å². The number of pyridine rings is 1. The van der Waals surface area contributed by atoms with E-state index in [1.54, 1.807) is 12.3 Å². The van der Waals surface area contributed by atoms with Crippen LogP contribution in [-0.4, -0.2) is 17.4 Å². The number of carbonyl (C=O) groups is 1. The molecule has 1 heterocycles.